The summed E-state index contributed by atoms with van der Waals surface area (Å²) in [6, 6.07) is 19.7. The van der Waals surface area contributed by atoms with Crippen LogP contribution < -0.4 is 16.0 Å². The Morgan fingerprint density at radius 2 is 1.45 bits per heavy atom. The molecule has 4 rings (SSSR count). The van der Waals surface area contributed by atoms with Gasteiger partial charge in [-0.25, -0.2) is 9.59 Å². The van der Waals surface area contributed by atoms with E-state index in [9.17, 15) is 9.59 Å². The molecule has 2 heterocycles. The van der Waals surface area contributed by atoms with Crippen molar-refractivity contribution in [3.05, 3.63) is 99.5 Å². The summed E-state index contributed by atoms with van der Waals surface area (Å²) in [5.41, 5.74) is 3.94. The minimum atomic E-state index is -0.470. The fourth-order valence-corrected chi connectivity index (χ4v) is 5.24. The van der Waals surface area contributed by atoms with E-state index in [1.807, 2.05) is 66.9 Å². The van der Waals surface area contributed by atoms with Crippen LogP contribution in [0.5, 0.6) is 0 Å². The summed E-state index contributed by atoms with van der Waals surface area (Å²) < 4.78 is 10.9. The molecule has 0 saturated heterocycles. The zero-order valence-electron chi connectivity index (χ0n) is 21.0. The van der Waals surface area contributed by atoms with Gasteiger partial charge in [0.25, 0.3) is 0 Å². The number of thiazole rings is 1. The van der Waals surface area contributed by atoms with Gasteiger partial charge in [0.2, 0.25) is 0 Å². The first-order valence-corrected chi connectivity index (χ1v) is 14.4. The maximum atomic E-state index is 12.6. The normalized spacial score (nSPS) is 14.1. The second kappa shape index (κ2) is 15.0. The number of amides is 2. The number of nitrogens with one attached hydrogen (secondary N) is 3. The summed E-state index contributed by atoms with van der Waals surface area (Å²) >= 11 is 3.06. The molecule has 1 aliphatic heterocycles. The van der Waals surface area contributed by atoms with Gasteiger partial charge in [-0.3, -0.25) is 4.98 Å². The Kier molecular flexibility index (Phi) is 10.9. The van der Waals surface area contributed by atoms with Crippen LogP contribution in [-0.2, 0) is 28.9 Å². The van der Waals surface area contributed by atoms with Crippen molar-refractivity contribution < 1.29 is 19.1 Å². The predicted molar refractivity (Wildman–Crippen MR) is 151 cm³/mol. The van der Waals surface area contributed by atoms with Crippen LogP contribution in [-0.4, -0.2) is 41.7 Å². The molecule has 1 aromatic heterocycles. The summed E-state index contributed by atoms with van der Waals surface area (Å²) in [5, 5.41) is 9.16. The van der Waals surface area contributed by atoms with E-state index >= 15 is 0 Å². The largest absolute Gasteiger partial charge is 0.444 e. The van der Waals surface area contributed by atoms with Crippen LogP contribution in [0.3, 0.4) is 0 Å². The molecule has 0 aliphatic carbocycles. The van der Waals surface area contributed by atoms with Gasteiger partial charge in [0.05, 0.1) is 16.3 Å². The molecule has 1 unspecified atom stereocenters. The second-order valence-corrected chi connectivity index (χ2v) is 10.9. The number of hydrogen-bond donors (Lipinski definition) is 3. The SMILES string of the molecule is O=C(NC(CC[C@@H](Cc1ccccc1)NC(=O)OCc1cncs1)Cc1ccccc1)OCC1=CNCS1. The number of hydrogen-bond acceptors (Lipinski definition) is 8. The Morgan fingerprint density at radius 3 is 1.95 bits per heavy atom. The molecule has 10 heteroatoms. The van der Waals surface area contributed by atoms with Crippen molar-refractivity contribution in [1.82, 2.24) is 20.9 Å². The highest BCUT2D eigenvalue weighted by molar-refractivity contribution is 8.03. The number of nitrogens with zero attached hydrogens (tertiary/aromatic N) is 1. The Labute approximate surface area is 231 Å². The van der Waals surface area contributed by atoms with E-state index in [2.05, 4.69) is 20.9 Å². The van der Waals surface area contributed by atoms with E-state index in [1.54, 1.807) is 23.5 Å². The summed E-state index contributed by atoms with van der Waals surface area (Å²) in [4.78, 5) is 31.1. The zero-order chi connectivity index (χ0) is 26.4. The van der Waals surface area contributed by atoms with E-state index in [-0.39, 0.29) is 25.3 Å². The van der Waals surface area contributed by atoms with Crippen molar-refractivity contribution in [2.24, 2.45) is 0 Å². The first kappa shape index (κ1) is 27.5. The zero-order valence-corrected chi connectivity index (χ0v) is 22.6. The number of carbonyl (C=O) groups excluding carboxylic acids is 2. The van der Waals surface area contributed by atoms with Crippen LogP contribution in [0.15, 0.2) is 83.5 Å². The lowest BCUT2D eigenvalue weighted by molar-refractivity contribution is 0.135. The summed E-state index contributed by atoms with van der Waals surface area (Å²) in [6.07, 6.45) is 5.24. The van der Waals surface area contributed by atoms with Gasteiger partial charge < -0.3 is 25.4 Å². The lowest BCUT2D eigenvalue weighted by Crippen LogP contribution is -2.41. The molecule has 0 spiro atoms. The lowest BCUT2D eigenvalue weighted by Gasteiger charge is -2.23. The molecule has 2 aromatic carbocycles. The van der Waals surface area contributed by atoms with Gasteiger partial charge in [0, 0.05) is 29.4 Å². The third kappa shape index (κ3) is 9.75. The van der Waals surface area contributed by atoms with Gasteiger partial charge in [-0.1, -0.05) is 60.7 Å². The highest BCUT2D eigenvalue weighted by Gasteiger charge is 2.20. The number of aromatic nitrogens is 1. The van der Waals surface area contributed by atoms with Crippen LogP contribution >= 0.6 is 23.1 Å². The number of alkyl carbamates (subject to hydrolysis) is 2. The molecule has 38 heavy (non-hydrogen) atoms. The fourth-order valence-electron chi connectivity index (χ4n) is 4.07. The van der Waals surface area contributed by atoms with Crippen molar-refractivity contribution in [1.29, 1.82) is 0 Å². The van der Waals surface area contributed by atoms with Crippen molar-refractivity contribution in [3.8, 4) is 0 Å². The van der Waals surface area contributed by atoms with Crippen molar-refractivity contribution >= 4 is 35.3 Å². The Bertz CT molecular complexity index is 1160. The molecule has 3 N–H and O–H groups in total. The third-order valence-electron chi connectivity index (χ3n) is 5.94. The van der Waals surface area contributed by atoms with Gasteiger partial charge in [0.15, 0.2) is 0 Å². The Balaban J connectivity index is 1.37. The molecular formula is C28H32N4O4S2. The summed E-state index contributed by atoms with van der Waals surface area (Å²) in [5.74, 6) is 0.791. The van der Waals surface area contributed by atoms with Crippen LogP contribution in [0, 0.1) is 0 Å². The molecule has 3 aromatic rings. The van der Waals surface area contributed by atoms with Gasteiger partial charge in [-0.05, 0) is 36.8 Å². The van der Waals surface area contributed by atoms with Crippen LogP contribution in [0.1, 0.15) is 28.8 Å². The molecule has 0 bridgehead atoms. The first-order valence-electron chi connectivity index (χ1n) is 12.5. The summed E-state index contributed by atoms with van der Waals surface area (Å²) in [6.45, 7) is 0.425. The smallest absolute Gasteiger partial charge is 0.407 e. The standard InChI is InChI=1S/C28H32N4O4S2/c33-27(35-17-25-15-29-19-37-25)31-23(13-21-7-3-1-4-8-21)11-12-24(14-22-9-5-2-6-10-22)32-28(34)36-18-26-16-30-20-38-26/h1-10,15-16,19,23-24,30H,11-14,17-18,20H2,(H,31,33)(H,32,34)/t23-,24?/m0/s1. The molecule has 8 nitrogen and oxygen atoms in total. The first-order chi connectivity index (χ1) is 18.6. The van der Waals surface area contributed by atoms with E-state index in [1.165, 1.54) is 11.3 Å². The number of benzene rings is 2. The number of ether oxygens (including phenoxy) is 2. The second-order valence-electron chi connectivity index (χ2n) is 8.86. The maximum absolute atomic E-state index is 12.6. The average Bonchev–Trinajstić information content (AvgIpc) is 3.65. The molecule has 2 amide bonds. The minimum absolute atomic E-state index is 0.165. The number of thioether (sulfide) groups is 1. The highest BCUT2D eigenvalue weighted by atomic mass is 32.2. The van der Waals surface area contributed by atoms with Crippen molar-refractivity contribution in [2.45, 2.75) is 44.4 Å². The van der Waals surface area contributed by atoms with Gasteiger partial charge in [-0.15, -0.1) is 23.1 Å². The molecule has 0 radical (unpaired) electrons. The van der Waals surface area contributed by atoms with E-state index < -0.39 is 12.2 Å². The van der Waals surface area contributed by atoms with Gasteiger partial charge in [-0.2, -0.15) is 0 Å². The minimum Gasteiger partial charge on any atom is -0.444 e. The predicted octanol–water partition coefficient (Wildman–Crippen LogP) is 5.23. The fraction of sp³-hybridized carbons (Fsp3) is 0.321. The van der Waals surface area contributed by atoms with Crippen molar-refractivity contribution in [3.63, 3.8) is 0 Å². The quantitative estimate of drug-likeness (QED) is 0.267. The summed E-state index contributed by atoms with van der Waals surface area (Å²) in [7, 11) is 0. The van der Waals surface area contributed by atoms with E-state index in [4.69, 9.17) is 9.47 Å². The van der Waals surface area contributed by atoms with Crippen LogP contribution in [0.25, 0.3) is 0 Å². The Morgan fingerprint density at radius 1 is 0.868 bits per heavy atom. The molecule has 200 valence electrons. The number of rotatable bonds is 13. The maximum Gasteiger partial charge on any atom is 0.407 e. The van der Waals surface area contributed by atoms with E-state index in [0.717, 1.165) is 26.8 Å². The van der Waals surface area contributed by atoms with Crippen LogP contribution in [0.2, 0.25) is 0 Å². The van der Waals surface area contributed by atoms with E-state index in [0.29, 0.717) is 25.7 Å². The molecular weight excluding hydrogens is 520 g/mol. The van der Waals surface area contributed by atoms with Crippen molar-refractivity contribution in [2.75, 3.05) is 12.5 Å². The molecule has 0 saturated carbocycles. The monoisotopic (exact) mass is 552 g/mol. The van der Waals surface area contributed by atoms with Gasteiger partial charge >= 0.3 is 12.2 Å². The van der Waals surface area contributed by atoms with Gasteiger partial charge in [0.1, 0.15) is 13.2 Å². The molecule has 1 aliphatic rings. The third-order valence-corrected chi connectivity index (χ3v) is 7.61. The average molecular weight is 553 g/mol. The number of carbonyl (C=O) groups is 2. The Hall–Kier alpha value is -3.50. The van der Waals surface area contributed by atoms with Crippen LogP contribution in [0.4, 0.5) is 9.59 Å². The highest BCUT2D eigenvalue weighted by Crippen LogP contribution is 2.19. The topological polar surface area (TPSA) is 102 Å². The lowest BCUT2D eigenvalue weighted by atomic mass is 9.96. The molecule has 0 fully saturated rings. The molecule has 2 atom stereocenters.